The summed E-state index contributed by atoms with van der Waals surface area (Å²) in [6, 6.07) is 12.5. The number of hydrogen-bond donors (Lipinski definition) is 1. The first kappa shape index (κ1) is 18.1. The van der Waals surface area contributed by atoms with Crippen LogP contribution in [0.5, 0.6) is 5.75 Å². The first-order valence-corrected chi connectivity index (χ1v) is 8.09. The van der Waals surface area contributed by atoms with Crippen LogP contribution in [0.25, 0.3) is 10.9 Å². The van der Waals surface area contributed by atoms with Crippen molar-refractivity contribution in [2.24, 2.45) is 0 Å². The molecule has 8 nitrogen and oxygen atoms in total. The van der Waals surface area contributed by atoms with E-state index in [1.807, 2.05) is 6.07 Å². The van der Waals surface area contributed by atoms with Crippen LogP contribution in [0.15, 0.2) is 53.3 Å². The Kier molecular flexibility index (Phi) is 4.89. The van der Waals surface area contributed by atoms with Gasteiger partial charge >= 0.3 is 0 Å². The van der Waals surface area contributed by atoms with Crippen LogP contribution in [0.2, 0.25) is 0 Å². The number of rotatable bonds is 5. The van der Waals surface area contributed by atoms with E-state index in [-0.39, 0.29) is 23.4 Å². The minimum Gasteiger partial charge on any atom is -0.497 e. The molecular weight excluding hydrogens is 350 g/mol. The molecule has 2 aromatic carbocycles. The third-order valence-corrected chi connectivity index (χ3v) is 4.19. The molecule has 0 aliphatic rings. The van der Waals surface area contributed by atoms with Crippen molar-refractivity contribution >= 4 is 22.5 Å². The predicted molar refractivity (Wildman–Crippen MR) is 100 cm³/mol. The first-order valence-electron chi connectivity index (χ1n) is 8.09. The fraction of sp³-hybridized carbons (Fsp3) is 0.158. The lowest BCUT2D eigenvalue weighted by Gasteiger charge is -2.17. The van der Waals surface area contributed by atoms with Gasteiger partial charge in [0.05, 0.1) is 24.1 Å². The molecule has 0 unspecified atom stereocenters. The van der Waals surface area contributed by atoms with Gasteiger partial charge in [0.25, 0.3) is 17.2 Å². The number of ether oxygens (including phenoxy) is 1. The van der Waals surface area contributed by atoms with E-state index < -0.39 is 10.8 Å². The highest BCUT2D eigenvalue weighted by molar-refractivity contribution is 5.94. The van der Waals surface area contributed by atoms with E-state index in [9.17, 15) is 19.7 Å². The number of fused-ring (bicyclic) bond motifs is 1. The molecule has 3 rings (SSSR count). The molecule has 0 atom stereocenters. The van der Waals surface area contributed by atoms with Crippen LogP contribution in [0.3, 0.4) is 0 Å². The van der Waals surface area contributed by atoms with Gasteiger partial charge in [0, 0.05) is 36.4 Å². The number of aromatic amines is 1. The van der Waals surface area contributed by atoms with Crippen molar-refractivity contribution in [2.45, 2.75) is 6.54 Å². The zero-order valence-electron chi connectivity index (χ0n) is 14.8. The average molecular weight is 367 g/mol. The molecule has 1 amide bonds. The largest absolute Gasteiger partial charge is 0.497 e. The molecule has 8 heteroatoms. The van der Waals surface area contributed by atoms with Gasteiger partial charge in [-0.2, -0.15) is 0 Å². The number of H-pyrrole nitrogens is 1. The normalized spacial score (nSPS) is 10.6. The SMILES string of the molecule is COc1ccc2cc(CN(C)C(=O)c3cccc([N+](=O)[O-])c3)c(=O)[nH]c2c1. The number of hydrogen-bond acceptors (Lipinski definition) is 5. The summed E-state index contributed by atoms with van der Waals surface area (Å²) >= 11 is 0. The van der Waals surface area contributed by atoms with Gasteiger partial charge in [-0.25, -0.2) is 0 Å². The standard InChI is InChI=1S/C19H17N3O5/c1-21(19(24)13-4-3-5-15(9-13)22(25)26)11-14-8-12-6-7-16(27-2)10-17(12)20-18(14)23/h3-10H,11H2,1-2H3,(H,20,23). The van der Waals surface area contributed by atoms with E-state index >= 15 is 0 Å². The second kappa shape index (κ2) is 7.28. The summed E-state index contributed by atoms with van der Waals surface area (Å²) in [5.41, 5.74) is 0.763. The van der Waals surface area contributed by atoms with Gasteiger partial charge in [0.1, 0.15) is 5.75 Å². The minimum atomic E-state index is -0.556. The number of methoxy groups -OCH3 is 1. The van der Waals surface area contributed by atoms with Crippen LogP contribution in [0.4, 0.5) is 5.69 Å². The van der Waals surface area contributed by atoms with E-state index in [4.69, 9.17) is 4.74 Å². The number of nitro groups is 1. The zero-order valence-corrected chi connectivity index (χ0v) is 14.8. The zero-order chi connectivity index (χ0) is 19.6. The number of aromatic nitrogens is 1. The highest BCUT2D eigenvalue weighted by atomic mass is 16.6. The predicted octanol–water partition coefficient (Wildman–Crippen LogP) is 2.72. The molecular formula is C19H17N3O5. The molecule has 0 bridgehead atoms. The summed E-state index contributed by atoms with van der Waals surface area (Å²) in [6.07, 6.45) is 0. The lowest BCUT2D eigenvalue weighted by Crippen LogP contribution is -2.29. The Balaban J connectivity index is 1.87. The number of pyridine rings is 1. The molecule has 0 saturated heterocycles. The van der Waals surface area contributed by atoms with Crippen LogP contribution in [0, 0.1) is 10.1 Å². The molecule has 0 radical (unpaired) electrons. The Morgan fingerprint density at radius 3 is 2.70 bits per heavy atom. The van der Waals surface area contributed by atoms with Crippen molar-refractivity contribution in [1.29, 1.82) is 0 Å². The molecule has 3 aromatic rings. The quantitative estimate of drug-likeness (QED) is 0.551. The lowest BCUT2D eigenvalue weighted by molar-refractivity contribution is -0.384. The Morgan fingerprint density at radius 1 is 1.22 bits per heavy atom. The summed E-state index contributed by atoms with van der Waals surface area (Å²) in [4.78, 5) is 39.3. The Bertz CT molecular complexity index is 1090. The third-order valence-electron chi connectivity index (χ3n) is 4.19. The molecule has 27 heavy (non-hydrogen) atoms. The van der Waals surface area contributed by atoms with Crippen molar-refractivity contribution in [3.8, 4) is 5.75 Å². The molecule has 0 aliphatic heterocycles. The van der Waals surface area contributed by atoms with Gasteiger partial charge < -0.3 is 14.6 Å². The molecule has 1 heterocycles. The van der Waals surface area contributed by atoms with E-state index in [1.54, 1.807) is 32.4 Å². The Morgan fingerprint density at radius 2 is 2.00 bits per heavy atom. The van der Waals surface area contributed by atoms with Crippen molar-refractivity contribution in [3.05, 3.63) is 80.1 Å². The number of nitro benzene ring substituents is 1. The maximum Gasteiger partial charge on any atom is 0.270 e. The van der Waals surface area contributed by atoms with Crippen molar-refractivity contribution in [3.63, 3.8) is 0 Å². The van der Waals surface area contributed by atoms with Gasteiger partial charge in [-0.05, 0) is 29.7 Å². The molecule has 138 valence electrons. The fourth-order valence-electron chi connectivity index (χ4n) is 2.77. The van der Waals surface area contributed by atoms with Crippen molar-refractivity contribution in [1.82, 2.24) is 9.88 Å². The van der Waals surface area contributed by atoms with Crippen molar-refractivity contribution in [2.75, 3.05) is 14.2 Å². The molecule has 0 spiro atoms. The van der Waals surface area contributed by atoms with E-state index in [0.717, 1.165) is 5.39 Å². The molecule has 1 N–H and O–H groups in total. The number of amides is 1. The number of non-ortho nitro benzene ring substituents is 1. The minimum absolute atomic E-state index is 0.0683. The molecule has 0 aliphatic carbocycles. The third kappa shape index (κ3) is 3.79. The number of carbonyl (C=O) groups excluding carboxylic acids is 1. The van der Waals surface area contributed by atoms with Crippen LogP contribution < -0.4 is 10.3 Å². The molecule has 1 aromatic heterocycles. The van der Waals surface area contributed by atoms with E-state index in [2.05, 4.69) is 4.98 Å². The summed E-state index contributed by atoms with van der Waals surface area (Å²) in [5, 5.41) is 11.7. The highest BCUT2D eigenvalue weighted by Gasteiger charge is 2.17. The highest BCUT2D eigenvalue weighted by Crippen LogP contribution is 2.19. The smallest absolute Gasteiger partial charge is 0.270 e. The van der Waals surface area contributed by atoms with Gasteiger partial charge in [-0.15, -0.1) is 0 Å². The van der Waals surface area contributed by atoms with Crippen LogP contribution in [-0.4, -0.2) is 34.9 Å². The van der Waals surface area contributed by atoms with Gasteiger partial charge in [0.2, 0.25) is 0 Å². The maximum absolute atomic E-state index is 12.6. The van der Waals surface area contributed by atoms with E-state index in [1.165, 1.54) is 29.2 Å². The lowest BCUT2D eigenvalue weighted by atomic mass is 10.1. The number of benzene rings is 2. The van der Waals surface area contributed by atoms with Crippen LogP contribution in [-0.2, 0) is 6.54 Å². The summed E-state index contributed by atoms with van der Waals surface area (Å²) in [5.74, 6) is 0.219. The number of nitrogens with zero attached hydrogens (tertiary/aromatic N) is 2. The number of carbonyl (C=O) groups is 1. The summed E-state index contributed by atoms with van der Waals surface area (Å²) in [6.45, 7) is 0.0683. The monoisotopic (exact) mass is 367 g/mol. The number of nitrogens with one attached hydrogen (secondary N) is 1. The van der Waals surface area contributed by atoms with Crippen molar-refractivity contribution < 1.29 is 14.5 Å². The fourth-order valence-corrected chi connectivity index (χ4v) is 2.77. The average Bonchev–Trinajstić information content (AvgIpc) is 2.67. The maximum atomic E-state index is 12.6. The van der Waals surface area contributed by atoms with Gasteiger partial charge in [-0.3, -0.25) is 19.7 Å². The topological polar surface area (TPSA) is 106 Å². The van der Waals surface area contributed by atoms with Gasteiger partial charge in [0.15, 0.2) is 0 Å². The first-order chi connectivity index (χ1) is 12.9. The Hall–Kier alpha value is -3.68. The summed E-state index contributed by atoms with van der Waals surface area (Å²) in [7, 11) is 3.08. The van der Waals surface area contributed by atoms with Gasteiger partial charge in [-0.1, -0.05) is 6.07 Å². The molecule has 0 fully saturated rings. The van der Waals surface area contributed by atoms with Crippen LogP contribution in [0.1, 0.15) is 15.9 Å². The second-order valence-corrected chi connectivity index (χ2v) is 6.05. The Labute approximate surface area is 154 Å². The van der Waals surface area contributed by atoms with Crippen LogP contribution >= 0.6 is 0 Å². The molecule has 0 saturated carbocycles. The summed E-state index contributed by atoms with van der Waals surface area (Å²) < 4.78 is 5.14. The second-order valence-electron chi connectivity index (χ2n) is 6.05. The van der Waals surface area contributed by atoms with E-state index in [0.29, 0.717) is 16.8 Å².